The highest BCUT2D eigenvalue weighted by Crippen LogP contribution is 2.45. The van der Waals surface area contributed by atoms with Crippen LogP contribution in [0.1, 0.15) is 74.5 Å². The van der Waals surface area contributed by atoms with Gasteiger partial charge < -0.3 is 0 Å². The van der Waals surface area contributed by atoms with Gasteiger partial charge in [0.1, 0.15) is 11.4 Å². The Balaban J connectivity index is 1.33. The highest BCUT2D eigenvalue weighted by molar-refractivity contribution is 6.17. The van der Waals surface area contributed by atoms with Crippen molar-refractivity contribution < 1.29 is 9.59 Å². The van der Waals surface area contributed by atoms with Crippen molar-refractivity contribution >= 4 is 28.5 Å². The topological polar surface area (TPSA) is 98.8 Å². The Bertz CT molecular complexity index is 2710. The number of rotatable bonds is 11. The van der Waals surface area contributed by atoms with Crippen LogP contribution in [0.2, 0.25) is 0 Å². The largest absolute Gasteiger partial charge is 0.296 e. The van der Waals surface area contributed by atoms with Crippen molar-refractivity contribution in [1.29, 1.82) is 0 Å². The average Bonchev–Trinajstić information content (AvgIpc) is 3.89. The summed E-state index contributed by atoms with van der Waals surface area (Å²) in [5.74, 6) is 1.11. The van der Waals surface area contributed by atoms with E-state index in [-0.39, 0.29) is 17.2 Å². The Morgan fingerprint density at radius 2 is 1.27 bits per heavy atom. The number of piperidine rings is 1. The number of carbonyl (C=O) groups excluding carboxylic acids is 2. The second kappa shape index (κ2) is 15.6. The van der Waals surface area contributed by atoms with Crippen LogP contribution in [0.4, 0.5) is 5.69 Å². The number of amides is 2. The number of imidazole rings is 1. The molecule has 1 fully saturated rings. The number of carbonyl (C=O) groups is 2. The molecule has 0 aliphatic carbocycles. The second-order valence-electron chi connectivity index (χ2n) is 16.5. The van der Waals surface area contributed by atoms with Gasteiger partial charge in [0, 0.05) is 24.8 Å². The Labute approximate surface area is 350 Å². The summed E-state index contributed by atoms with van der Waals surface area (Å²) in [7, 11) is 0. The normalized spacial score (nSPS) is 14.2. The van der Waals surface area contributed by atoms with Gasteiger partial charge in [-0.25, -0.2) is 9.67 Å². The summed E-state index contributed by atoms with van der Waals surface area (Å²) < 4.78 is 4.20. The van der Waals surface area contributed by atoms with E-state index in [1.54, 1.807) is 0 Å². The van der Waals surface area contributed by atoms with Gasteiger partial charge in [-0.05, 0) is 86.8 Å². The van der Waals surface area contributed by atoms with Crippen LogP contribution in [0.15, 0.2) is 152 Å². The molecule has 8 aromatic rings. The molecule has 0 spiro atoms. The third kappa shape index (κ3) is 6.60. The monoisotopic (exact) mass is 789 g/mol. The first kappa shape index (κ1) is 38.5. The van der Waals surface area contributed by atoms with Crippen molar-refractivity contribution in [2.45, 2.75) is 65.3 Å². The molecule has 3 heterocycles. The Kier molecular flexibility index (Phi) is 10.0. The fraction of sp³-hybridized carbons (Fsp3) is 0.216. The lowest BCUT2D eigenvalue weighted by molar-refractivity contribution is -0.132. The van der Waals surface area contributed by atoms with Crippen molar-refractivity contribution in [3.8, 4) is 28.2 Å². The highest BCUT2D eigenvalue weighted by Gasteiger charge is 2.43. The minimum atomic E-state index is -0.968. The van der Waals surface area contributed by atoms with E-state index in [0.29, 0.717) is 24.4 Å². The zero-order valence-corrected chi connectivity index (χ0v) is 34.4. The summed E-state index contributed by atoms with van der Waals surface area (Å²) in [6.07, 6.45) is 3.27. The quantitative estimate of drug-likeness (QED) is 0.0956. The summed E-state index contributed by atoms with van der Waals surface area (Å²) in [5.41, 5.74) is 8.56. The number of nitrogens with zero attached hydrogens (tertiary/aromatic N) is 7. The maximum atomic E-state index is 13.5. The minimum Gasteiger partial charge on any atom is -0.296 e. The molecule has 1 aliphatic heterocycles. The number of aromatic nitrogens is 6. The predicted octanol–water partition coefficient (Wildman–Crippen LogP) is 10.5. The first-order valence-electron chi connectivity index (χ1n) is 20.7. The van der Waals surface area contributed by atoms with Crippen molar-refractivity contribution in [2.75, 3.05) is 4.90 Å². The van der Waals surface area contributed by atoms with Crippen LogP contribution >= 0.6 is 0 Å². The summed E-state index contributed by atoms with van der Waals surface area (Å²) in [6.45, 7) is 8.25. The van der Waals surface area contributed by atoms with Crippen LogP contribution in [-0.2, 0) is 21.5 Å². The molecule has 9 rings (SSSR count). The first-order valence-corrected chi connectivity index (χ1v) is 20.7. The molecule has 6 aromatic carbocycles. The third-order valence-corrected chi connectivity index (χ3v) is 11.8. The average molecular weight is 790 g/mol. The van der Waals surface area contributed by atoms with Crippen molar-refractivity contribution in [3.05, 3.63) is 180 Å². The van der Waals surface area contributed by atoms with Gasteiger partial charge in [0.25, 0.3) is 0 Å². The number of tetrazole rings is 1. The van der Waals surface area contributed by atoms with Crippen molar-refractivity contribution in [3.63, 3.8) is 0 Å². The van der Waals surface area contributed by atoms with E-state index in [9.17, 15) is 9.59 Å². The van der Waals surface area contributed by atoms with Gasteiger partial charge in [0.2, 0.25) is 11.8 Å². The lowest BCUT2D eigenvalue weighted by atomic mass is 9.76. The molecule has 298 valence electrons. The molecule has 0 radical (unpaired) electrons. The molecule has 2 amide bonds. The van der Waals surface area contributed by atoms with E-state index in [2.05, 4.69) is 121 Å². The van der Waals surface area contributed by atoms with Crippen LogP contribution in [0, 0.1) is 12.3 Å². The van der Waals surface area contributed by atoms with Gasteiger partial charge in [0.05, 0.1) is 22.4 Å². The lowest BCUT2D eigenvalue weighted by Gasteiger charge is -2.36. The molecular formula is C51H47N7O2. The predicted molar refractivity (Wildman–Crippen MR) is 237 cm³/mol. The fourth-order valence-electron chi connectivity index (χ4n) is 9.05. The molecule has 60 heavy (non-hydrogen) atoms. The standard InChI is InChI=1S/C51H47N7O2/c1-5-6-27-45-52-42-30-28-40(56-46(59)33-50(3,4)34-47(56)60)32-44(42)57(45)43-31-29-41(36-19-11-7-12-20-36)48(35(43)2)49-53-54-55-58(49)51(37-21-13-8-14-22-37,38-23-15-9-16-24-38)39-25-17-10-18-26-39/h7-26,28-32H,5-6,27,33-34H2,1-4H3. The molecule has 0 atom stereocenters. The SMILES string of the molecule is CCCCc1nc2ccc(N3C(=O)CC(C)(C)CC3=O)cc2n1-c1ccc(-c2ccccc2)c(-c2nnnn2C(c2ccccc2)(c2ccccc2)c2ccccc2)c1C. The number of imide groups is 1. The van der Waals surface area contributed by atoms with Crippen LogP contribution in [-0.4, -0.2) is 41.6 Å². The van der Waals surface area contributed by atoms with E-state index in [0.717, 1.165) is 80.8 Å². The molecule has 9 heteroatoms. The lowest BCUT2D eigenvalue weighted by Crippen LogP contribution is -2.46. The van der Waals surface area contributed by atoms with Crippen LogP contribution in [0.25, 0.3) is 39.2 Å². The summed E-state index contributed by atoms with van der Waals surface area (Å²) >= 11 is 0. The van der Waals surface area contributed by atoms with E-state index in [4.69, 9.17) is 15.3 Å². The van der Waals surface area contributed by atoms with E-state index in [1.807, 2.05) is 73.1 Å². The Morgan fingerprint density at radius 3 is 1.83 bits per heavy atom. The van der Waals surface area contributed by atoms with E-state index in [1.165, 1.54) is 4.90 Å². The Hall–Kier alpha value is -7.00. The zero-order chi connectivity index (χ0) is 41.4. The number of benzene rings is 6. The Morgan fingerprint density at radius 1 is 0.700 bits per heavy atom. The number of unbranched alkanes of at least 4 members (excludes halogenated alkanes) is 1. The zero-order valence-electron chi connectivity index (χ0n) is 34.4. The van der Waals surface area contributed by atoms with E-state index < -0.39 is 5.54 Å². The first-order chi connectivity index (χ1) is 29.2. The summed E-state index contributed by atoms with van der Waals surface area (Å²) in [5, 5.41) is 14.3. The number of fused-ring (bicyclic) bond motifs is 1. The molecule has 9 nitrogen and oxygen atoms in total. The van der Waals surface area contributed by atoms with Gasteiger partial charge in [-0.2, -0.15) is 0 Å². The fourth-order valence-corrected chi connectivity index (χ4v) is 9.05. The van der Waals surface area contributed by atoms with Crippen LogP contribution < -0.4 is 4.90 Å². The third-order valence-electron chi connectivity index (χ3n) is 11.8. The van der Waals surface area contributed by atoms with E-state index >= 15 is 0 Å². The maximum absolute atomic E-state index is 13.5. The molecule has 0 bridgehead atoms. The van der Waals surface area contributed by atoms with Crippen molar-refractivity contribution in [1.82, 2.24) is 29.8 Å². The van der Waals surface area contributed by atoms with Gasteiger partial charge in [-0.3, -0.25) is 19.1 Å². The summed E-state index contributed by atoms with van der Waals surface area (Å²) in [6, 6.07) is 51.7. The van der Waals surface area contributed by atoms with Gasteiger partial charge in [0.15, 0.2) is 5.82 Å². The molecule has 1 aliphatic rings. The number of hydrogen-bond donors (Lipinski definition) is 0. The highest BCUT2D eigenvalue weighted by atomic mass is 16.2. The summed E-state index contributed by atoms with van der Waals surface area (Å²) in [4.78, 5) is 33.6. The van der Waals surface area contributed by atoms with Gasteiger partial charge in [-0.1, -0.05) is 155 Å². The second-order valence-corrected chi connectivity index (χ2v) is 16.5. The maximum Gasteiger partial charge on any atom is 0.234 e. The molecule has 0 unspecified atom stereocenters. The molecular weight excluding hydrogens is 743 g/mol. The number of aryl methyl sites for hydroxylation is 1. The van der Waals surface area contributed by atoms with Crippen molar-refractivity contribution in [2.24, 2.45) is 5.41 Å². The molecule has 2 aromatic heterocycles. The van der Waals surface area contributed by atoms with Gasteiger partial charge >= 0.3 is 0 Å². The number of anilines is 1. The minimum absolute atomic E-state index is 0.191. The smallest absolute Gasteiger partial charge is 0.234 e. The molecule has 1 saturated heterocycles. The van der Waals surface area contributed by atoms with Crippen LogP contribution in [0.3, 0.4) is 0 Å². The molecule has 0 N–H and O–H groups in total. The number of hydrogen-bond acceptors (Lipinski definition) is 6. The molecule has 0 saturated carbocycles. The van der Waals surface area contributed by atoms with Crippen LogP contribution in [0.5, 0.6) is 0 Å². The van der Waals surface area contributed by atoms with Gasteiger partial charge in [-0.15, -0.1) is 5.10 Å².